The maximum Gasteiger partial charge on any atom is 0.120 e. The quantitative estimate of drug-likeness (QED) is 0.806. The van der Waals surface area contributed by atoms with Gasteiger partial charge in [-0.05, 0) is 62.3 Å². The molecule has 21 heavy (non-hydrogen) atoms. The van der Waals surface area contributed by atoms with Crippen LogP contribution >= 0.6 is 0 Å². The van der Waals surface area contributed by atoms with E-state index in [1.54, 1.807) is 0 Å². The van der Waals surface area contributed by atoms with E-state index in [1.807, 2.05) is 38.2 Å². The molecule has 0 unspecified atom stereocenters. The monoisotopic (exact) mass is 285 g/mol. The van der Waals surface area contributed by atoms with Crippen LogP contribution in [0, 0.1) is 0 Å². The summed E-state index contributed by atoms with van der Waals surface area (Å²) in [4.78, 5) is 0. The first-order valence-corrected chi connectivity index (χ1v) is 7.40. The summed E-state index contributed by atoms with van der Waals surface area (Å²) in [5, 5.41) is 3.16. The summed E-state index contributed by atoms with van der Waals surface area (Å²) in [6.45, 7) is 4.24. The molecule has 0 aromatic heterocycles. The van der Waals surface area contributed by atoms with Gasteiger partial charge in [0.2, 0.25) is 0 Å². The summed E-state index contributed by atoms with van der Waals surface area (Å²) in [7, 11) is 1.97. The molecule has 0 bridgehead atoms. The average Bonchev–Trinajstić information content (AvgIpc) is 2.53. The van der Waals surface area contributed by atoms with Crippen LogP contribution in [0.25, 0.3) is 0 Å². The van der Waals surface area contributed by atoms with E-state index >= 15 is 0 Å². The van der Waals surface area contributed by atoms with Crippen molar-refractivity contribution in [1.82, 2.24) is 5.32 Å². The molecule has 3 nitrogen and oxygen atoms in total. The van der Waals surface area contributed by atoms with Crippen LogP contribution in [0.3, 0.4) is 0 Å². The summed E-state index contributed by atoms with van der Waals surface area (Å²) >= 11 is 0. The van der Waals surface area contributed by atoms with Gasteiger partial charge in [-0.2, -0.15) is 0 Å². The third kappa shape index (κ3) is 5.12. The van der Waals surface area contributed by atoms with Gasteiger partial charge in [0, 0.05) is 0 Å². The van der Waals surface area contributed by atoms with Crippen molar-refractivity contribution >= 4 is 0 Å². The van der Waals surface area contributed by atoms with Gasteiger partial charge in [-0.15, -0.1) is 0 Å². The molecule has 2 aromatic carbocycles. The van der Waals surface area contributed by atoms with Crippen LogP contribution in [-0.2, 0) is 13.0 Å². The lowest BCUT2D eigenvalue weighted by Gasteiger charge is -2.08. The molecular weight excluding hydrogens is 262 g/mol. The molecule has 0 amide bonds. The molecule has 2 aromatic rings. The Labute approximate surface area is 126 Å². The number of ether oxygens (including phenoxy) is 2. The largest absolute Gasteiger partial charge is 0.494 e. The molecule has 0 aliphatic heterocycles. The van der Waals surface area contributed by atoms with Crippen molar-refractivity contribution in [2.75, 3.05) is 20.2 Å². The number of hydrogen-bond donors (Lipinski definition) is 1. The van der Waals surface area contributed by atoms with Crippen LogP contribution in [0.2, 0.25) is 0 Å². The average molecular weight is 285 g/mol. The van der Waals surface area contributed by atoms with Crippen molar-refractivity contribution < 1.29 is 9.47 Å². The molecule has 0 spiro atoms. The van der Waals surface area contributed by atoms with Gasteiger partial charge in [-0.25, -0.2) is 0 Å². The van der Waals surface area contributed by atoms with Crippen LogP contribution in [-0.4, -0.2) is 20.2 Å². The van der Waals surface area contributed by atoms with Crippen LogP contribution in [0.5, 0.6) is 11.5 Å². The third-order valence-electron chi connectivity index (χ3n) is 3.23. The summed E-state index contributed by atoms with van der Waals surface area (Å²) in [5.41, 5.74) is 2.52. The highest BCUT2D eigenvalue weighted by Gasteiger charge is 1.98. The van der Waals surface area contributed by atoms with Crippen LogP contribution in [0.1, 0.15) is 18.1 Å². The maximum absolute atomic E-state index is 5.78. The van der Waals surface area contributed by atoms with Gasteiger partial charge in [0.1, 0.15) is 18.1 Å². The van der Waals surface area contributed by atoms with Crippen molar-refractivity contribution in [3.63, 3.8) is 0 Å². The summed E-state index contributed by atoms with van der Waals surface area (Å²) in [5.74, 6) is 1.73. The fraction of sp³-hybridized carbons (Fsp3) is 0.333. The van der Waals surface area contributed by atoms with E-state index in [4.69, 9.17) is 9.47 Å². The first kappa shape index (κ1) is 15.4. The minimum absolute atomic E-state index is 0.584. The predicted octanol–water partition coefficient (Wildman–Crippen LogP) is 3.43. The van der Waals surface area contributed by atoms with E-state index in [9.17, 15) is 0 Å². The number of rotatable bonds is 8. The van der Waals surface area contributed by atoms with Gasteiger partial charge < -0.3 is 14.8 Å². The van der Waals surface area contributed by atoms with E-state index in [1.165, 1.54) is 11.1 Å². The van der Waals surface area contributed by atoms with Gasteiger partial charge in [0.25, 0.3) is 0 Å². The molecule has 0 radical (unpaired) electrons. The first-order valence-electron chi connectivity index (χ1n) is 7.40. The standard InChI is InChI=1S/C18H23NO2/c1-3-20-17-8-10-18(11-9-17)21-14-16-6-4-15(5-7-16)12-13-19-2/h4-11,19H,3,12-14H2,1-2H3. The second-order valence-corrected chi connectivity index (χ2v) is 4.86. The van der Waals surface area contributed by atoms with Gasteiger partial charge in [0.15, 0.2) is 0 Å². The molecule has 3 heteroatoms. The number of hydrogen-bond acceptors (Lipinski definition) is 3. The molecule has 0 atom stereocenters. The van der Waals surface area contributed by atoms with E-state index in [0.717, 1.165) is 24.5 Å². The van der Waals surface area contributed by atoms with Crippen molar-refractivity contribution in [2.24, 2.45) is 0 Å². The first-order chi connectivity index (χ1) is 10.3. The van der Waals surface area contributed by atoms with Crippen molar-refractivity contribution in [1.29, 1.82) is 0 Å². The van der Waals surface area contributed by atoms with Crippen LogP contribution in [0.4, 0.5) is 0 Å². The lowest BCUT2D eigenvalue weighted by molar-refractivity contribution is 0.304. The third-order valence-corrected chi connectivity index (χ3v) is 3.23. The Bertz CT molecular complexity index is 520. The Kier molecular flexibility index (Phi) is 6.10. The predicted molar refractivity (Wildman–Crippen MR) is 86.0 cm³/mol. The molecule has 0 aliphatic rings. The second kappa shape index (κ2) is 8.32. The lowest BCUT2D eigenvalue weighted by atomic mass is 10.1. The smallest absolute Gasteiger partial charge is 0.120 e. The van der Waals surface area contributed by atoms with E-state index < -0.39 is 0 Å². The fourth-order valence-corrected chi connectivity index (χ4v) is 2.04. The SMILES string of the molecule is CCOc1ccc(OCc2ccc(CCNC)cc2)cc1. The Hall–Kier alpha value is -2.00. The lowest BCUT2D eigenvalue weighted by Crippen LogP contribution is -2.10. The van der Waals surface area contributed by atoms with Gasteiger partial charge >= 0.3 is 0 Å². The minimum atomic E-state index is 0.584. The number of likely N-dealkylation sites (N-methyl/N-ethyl adjacent to an activating group) is 1. The Morgan fingerprint density at radius 3 is 1.95 bits per heavy atom. The highest BCUT2D eigenvalue weighted by Crippen LogP contribution is 2.18. The van der Waals surface area contributed by atoms with Gasteiger partial charge in [-0.1, -0.05) is 24.3 Å². The Morgan fingerprint density at radius 1 is 0.810 bits per heavy atom. The molecule has 112 valence electrons. The van der Waals surface area contributed by atoms with Crippen molar-refractivity contribution in [2.45, 2.75) is 20.0 Å². The molecule has 0 saturated heterocycles. The van der Waals surface area contributed by atoms with Gasteiger partial charge in [-0.3, -0.25) is 0 Å². The van der Waals surface area contributed by atoms with E-state index in [2.05, 4.69) is 29.6 Å². The summed E-state index contributed by atoms with van der Waals surface area (Å²) < 4.78 is 11.2. The zero-order valence-corrected chi connectivity index (χ0v) is 12.8. The highest BCUT2D eigenvalue weighted by atomic mass is 16.5. The normalized spacial score (nSPS) is 10.4. The maximum atomic E-state index is 5.78. The van der Waals surface area contributed by atoms with Crippen molar-refractivity contribution in [3.05, 3.63) is 59.7 Å². The van der Waals surface area contributed by atoms with Crippen LogP contribution in [0.15, 0.2) is 48.5 Å². The molecule has 0 aliphatic carbocycles. The molecule has 0 fully saturated rings. The minimum Gasteiger partial charge on any atom is -0.494 e. The summed E-state index contributed by atoms with van der Waals surface area (Å²) in [6.07, 6.45) is 1.05. The second-order valence-electron chi connectivity index (χ2n) is 4.86. The van der Waals surface area contributed by atoms with Crippen molar-refractivity contribution in [3.8, 4) is 11.5 Å². The van der Waals surface area contributed by atoms with Gasteiger partial charge in [0.05, 0.1) is 6.61 Å². The number of benzene rings is 2. The molecule has 0 heterocycles. The van der Waals surface area contributed by atoms with E-state index in [-0.39, 0.29) is 0 Å². The molecule has 0 saturated carbocycles. The molecule has 2 rings (SSSR count). The highest BCUT2D eigenvalue weighted by molar-refractivity contribution is 5.31. The zero-order chi connectivity index (χ0) is 14.9. The summed E-state index contributed by atoms with van der Waals surface area (Å²) in [6, 6.07) is 16.3. The Balaban J connectivity index is 1.84. The Morgan fingerprint density at radius 2 is 1.38 bits per heavy atom. The van der Waals surface area contributed by atoms with E-state index in [0.29, 0.717) is 13.2 Å². The molecular formula is C18H23NO2. The zero-order valence-electron chi connectivity index (χ0n) is 12.8. The fourth-order valence-electron chi connectivity index (χ4n) is 2.04. The molecule has 1 N–H and O–H groups in total. The van der Waals surface area contributed by atoms with Crippen LogP contribution < -0.4 is 14.8 Å². The number of nitrogens with one attached hydrogen (secondary N) is 1. The topological polar surface area (TPSA) is 30.5 Å².